The van der Waals surface area contributed by atoms with E-state index in [1.807, 2.05) is 18.5 Å². The molecule has 0 radical (unpaired) electrons. The molecule has 19 heavy (non-hydrogen) atoms. The number of hydrogen-bond acceptors (Lipinski definition) is 4. The third-order valence-corrected chi connectivity index (χ3v) is 4.46. The van der Waals surface area contributed by atoms with Gasteiger partial charge in [-0.2, -0.15) is 0 Å². The molecule has 0 aliphatic heterocycles. The second-order valence-corrected chi connectivity index (χ2v) is 6.42. The monoisotopic (exact) mass is 339 g/mol. The summed E-state index contributed by atoms with van der Waals surface area (Å²) in [5.74, 6) is 0. The van der Waals surface area contributed by atoms with Crippen LogP contribution in [0, 0.1) is 0 Å². The molecule has 102 valence electrons. The first-order valence-corrected chi connectivity index (χ1v) is 7.92. The zero-order valence-corrected chi connectivity index (χ0v) is 13.4. The lowest BCUT2D eigenvalue weighted by atomic mass is 10.3. The van der Waals surface area contributed by atoms with Crippen LogP contribution in [0.1, 0.15) is 10.4 Å². The zero-order valence-electron chi connectivity index (χ0n) is 11.0. The van der Waals surface area contributed by atoms with Gasteiger partial charge in [-0.05, 0) is 40.7 Å². The van der Waals surface area contributed by atoms with Crippen LogP contribution in [0.25, 0.3) is 0 Å². The SMILES string of the molecule is CN(CCNCc1cc(Br)cs1)Cc1cccnc1. The van der Waals surface area contributed by atoms with Crippen molar-refractivity contribution in [1.29, 1.82) is 0 Å². The minimum atomic E-state index is 0.941. The first-order valence-electron chi connectivity index (χ1n) is 6.25. The van der Waals surface area contributed by atoms with Gasteiger partial charge in [-0.25, -0.2) is 0 Å². The van der Waals surface area contributed by atoms with Crippen LogP contribution >= 0.6 is 27.3 Å². The Kier molecular flexibility index (Phi) is 5.97. The number of hydrogen-bond donors (Lipinski definition) is 1. The van der Waals surface area contributed by atoms with Gasteiger partial charge in [0.25, 0.3) is 0 Å². The van der Waals surface area contributed by atoms with Crippen molar-refractivity contribution in [3.05, 3.63) is 50.9 Å². The van der Waals surface area contributed by atoms with Crippen LogP contribution < -0.4 is 5.32 Å². The Bertz CT molecular complexity index is 486. The molecule has 0 unspecified atom stereocenters. The summed E-state index contributed by atoms with van der Waals surface area (Å²) in [4.78, 5) is 7.79. The number of pyridine rings is 1. The molecule has 0 aliphatic rings. The summed E-state index contributed by atoms with van der Waals surface area (Å²) in [7, 11) is 2.14. The van der Waals surface area contributed by atoms with E-state index in [4.69, 9.17) is 0 Å². The van der Waals surface area contributed by atoms with E-state index in [-0.39, 0.29) is 0 Å². The van der Waals surface area contributed by atoms with Gasteiger partial charge in [0.2, 0.25) is 0 Å². The normalized spacial score (nSPS) is 11.1. The standard InChI is InChI=1S/C14H18BrN3S/c1-18(10-12-3-2-4-16-8-12)6-5-17-9-14-7-13(15)11-19-14/h2-4,7-8,11,17H,5-6,9-10H2,1H3. The van der Waals surface area contributed by atoms with Gasteiger partial charge in [-0.1, -0.05) is 6.07 Å². The molecule has 2 heterocycles. The third kappa shape index (κ3) is 5.40. The fourth-order valence-electron chi connectivity index (χ4n) is 1.81. The average Bonchev–Trinajstić information content (AvgIpc) is 2.82. The Morgan fingerprint density at radius 3 is 3.05 bits per heavy atom. The van der Waals surface area contributed by atoms with Crippen molar-refractivity contribution < 1.29 is 0 Å². The molecule has 0 bridgehead atoms. The molecule has 2 aromatic rings. The van der Waals surface area contributed by atoms with E-state index < -0.39 is 0 Å². The fraction of sp³-hybridized carbons (Fsp3) is 0.357. The van der Waals surface area contributed by atoms with E-state index in [1.54, 1.807) is 11.3 Å². The van der Waals surface area contributed by atoms with Gasteiger partial charge in [0.1, 0.15) is 0 Å². The summed E-state index contributed by atoms with van der Waals surface area (Å²) >= 11 is 5.25. The van der Waals surface area contributed by atoms with Crippen molar-refractivity contribution in [1.82, 2.24) is 15.2 Å². The van der Waals surface area contributed by atoms with E-state index in [0.717, 1.165) is 26.2 Å². The van der Waals surface area contributed by atoms with Crippen LogP contribution in [0.3, 0.4) is 0 Å². The van der Waals surface area contributed by atoms with Gasteiger partial charge < -0.3 is 10.2 Å². The number of nitrogens with one attached hydrogen (secondary N) is 1. The lowest BCUT2D eigenvalue weighted by molar-refractivity contribution is 0.324. The maximum atomic E-state index is 4.13. The van der Waals surface area contributed by atoms with Crippen molar-refractivity contribution in [2.75, 3.05) is 20.1 Å². The first-order chi connectivity index (χ1) is 9.24. The third-order valence-electron chi connectivity index (χ3n) is 2.77. The molecule has 0 atom stereocenters. The molecular formula is C14H18BrN3S. The second-order valence-electron chi connectivity index (χ2n) is 4.51. The van der Waals surface area contributed by atoms with Gasteiger partial charge in [-0.15, -0.1) is 11.3 Å². The van der Waals surface area contributed by atoms with Crippen LogP contribution in [-0.4, -0.2) is 30.0 Å². The molecule has 2 aromatic heterocycles. The van der Waals surface area contributed by atoms with Crippen LogP contribution in [0.15, 0.2) is 40.4 Å². The summed E-state index contributed by atoms with van der Waals surface area (Å²) in [6.07, 6.45) is 3.73. The number of halogens is 1. The van der Waals surface area contributed by atoms with E-state index in [0.29, 0.717) is 0 Å². The maximum Gasteiger partial charge on any atom is 0.0312 e. The number of thiophene rings is 1. The maximum absolute atomic E-state index is 4.13. The highest BCUT2D eigenvalue weighted by Gasteiger charge is 2.01. The quantitative estimate of drug-likeness (QED) is 0.785. The zero-order chi connectivity index (χ0) is 13.5. The minimum absolute atomic E-state index is 0.941. The van der Waals surface area contributed by atoms with Crippen LogP contribution in [0.4, 0.5) is 0 Å². The average molecular weight is 340 g/mol. The van der Waals surface area contributed by atoms with E-state index in [1.165, 1.54) is 14.9 Å². The van der Waals surface area contributed by atoms with Crippen molar-refractivity contribution in [2.24, 2.45) is 0 Å². The largest absolute Gasteiger partial charge is 0.311 e. The summed E-state index contributed by atoms with van der Waals surface area (Å²) in [6, 6.07) is 6.26. The predicted octanol–water partition coefficient (Wildman–Crippen LogP) is 3.13. The highest BCUT2D eigenvalue weighted by molar-refractivity contribution is 9.10. The Balaban J connectivity index is 1.63. The Morgan fingerprint density at radius 2 is 2.37 bits per heavy atom. The molecule has 0 aliphatic carbocycles. The molecule has 0 saturated heterocycles. The number of rotatable bonds is 7. The van der Waals surface area contributed by atoms with Gasteiger partial charge >= 0.3 is 0 Å². The van der Waals surface area contributed by atoms with E-state index in [9.17, 15) is 0 Å². The van der Waals surface area contributed by atoms with Crippen molar-refractivity contribution in [3.63, 3.8) is 0 Å². The minimum Gasteiger partial charge on any atom is -0.311 e. The lowest BCUT2D eigenvalue weighted by Crippen LogP contribution is -2.28. The fourth-order valence-corrected chi connectivity index (χ4v) is 3.23. The van der Waals surface area contributed by atoms with Crippen molar-refractivity contribution >= 4 is 27.3 Å². The smallest absolute Gasteiger partial charge is 0.0312 e. The summed E-state index contributed by atoms with van der Waals surface area (Å²) in [5.41, 5.74) is 1.26. The van der Waals surface area contributed by atoms with E-state index in [2.05, 4.69) is 55.7 Å². The Morgan fingerprint density at radius 1 is 1.47 bits per heavy atom. The summed E-state index contributed by atoms with van der Waals surface area (Å²) in [6.45, 7) is 3.91. The van der Waals surface area contributed by atoms with Crippen molar-refractivity contribution in [2.45, 2.75) is 13.1 Å². The van der Waals surface area contributed by atoms with E-state index >= 15 is 0 Å². The molecule has 3 nitrogen and oxygen atoms in total. The molecule has 1 N–H and O–H groups in total. The molecule has 5 heteroatoms. The molecule has 0 amide bonds. The van der Waals surface area contributed by atoms with Gasteiger partial charge in [-0.3, -0.25) is 4.98 Å². The molecule has 0 aromatic carbocycles. The predicted molar refractivity (Wildman–Crippen MR) is 84.3 cm³/mol. The number of aromatic nitrogens is 1. The Labute approximate surface area is 126 Å². The molecular weight excluding hydrogens is 322 g/mol. The van der Waals surface area contributed by atoms with Crippen molar-refractivity contribution in [3.8, 4) is 0 Å². The second kappa shape index (κ2) is 7.75. The van der Waals surface area contributed by atoms with Gasteiger partial charge in [0.05, 0.1) is 0 Å². The highest BCUT2D eigenvalue weighted by atomic mass is 79.9. The van der Waals surface area contributed by atoms with Crippen LogP contribution in [0.5, 0.6) is 0 Å². The van der Waals surface area contributed by atoms with Gasteiger partial charge in [0, 0.05) is 53.3 Å². The lowest BCUT2D eigenvalue weighted by Gasteiger charge is -2.16. The van der Waals surface area contributed by atoms with Crippen LogP contribution in [0.2, 0.25) is 0 Å². The number of nitrogens with zero attached hydrogens (tertiary/aromatic N) is 2. The molecule has 0 fully saturated rings. The topological polar surface area (TPSA) is 28.2 Å². The highest BCUT2D eigenvalue weighted by Crippen LogP contribution is 2.19. The Hall–Kier alpha value is -0.750. The molecule has 2 rings (SSSR count). The van der Waals surface area contributed by atoms with Crippen LogP contribution in [-0.2, 0) is 13.1 Å². The molecule has 0 saturated carbocycles. The molecule has 0 spiro atoms. The summed E-state index contributed by atoms with van der Waals surface area (Å²) in [5, 5.41) is 5.58. The first kappa shape index (κ1) is 14.7. The number of likely N-dealkylation sites (N-methyl/N-ethyl adjacent to an activating group) is 1. The summed E-state index contributed by atoms with van der Waals surface area (Å²) < 4.78 is 1.17. The van der Waals surface area contributed by atoms with Gasteiger partial charge in [0.15, 0.2) is 0 Å².